The molecule has 0 saturated heterocycles. The zero-order valence-electron chi connectivity index (χ0n) is 8.73. The van der Waals surface area contributed by atoms with Crippen LogP contribution in [0.1, 0.15) is 19.3 Å². The highest BCUT2D eigenvalue weighted by molar-refractivity contribution is 5.41. The molecule has 0 radical (unpaired) electrons. The molecule has 1 fully saturated rings. The fourth-order valence-corrected chi connectivity index (χ4v) is 2.04. The van der Waals surface area contributed by atoms with Gasteiger partial charge in [0.05, 0.1) is 6.10 Å². The topological polar surface area (TPSA) is 55.5 Å². The summed E-state index contributed by atoms with van der Waals surface area (Å²) in [6.45, 7) is 0.279. The molecule has 0 amide bonds. The van der Waals surface area contributed by atoms with Crippen LogP contribution in [0.3, 0.4) is 0 Å². The molecular weight excluding hydrogens is 190 g/mol. The van der Waals surface area contributed by atoms with E-state index in [2.05, 4.69) is 0 Å². The van der Waals surface area contributed by atoms with Gasteiger partial charge in [0.25, 0.3) is 0 Å². The summed E-state index contributed by atoms with van der Waals surface area (Å²) in [4.78, 5) is 0. The molecule has 1 aromatic rings. The van der Waals surface area contributed by atoms with E-state index in [0.717, 1.165) is 30.7 Å². The number of hydrogen-bond donors (Lipinski definition) is 2. The van der Waals surface area contributed by atoms with E-state index in [0.29, 0.717) is 5.92 Å². The van der Waals surface area contributed by atoms with Crippen molar-refractivity contribution in [1.29, 1.82) is 0 Å². The minimum Gasteiger partial charge on any atom is -0.490 e. The fraction of sp³-hybridized carbons (Fsp3) is 0.500. The first-order valence-corrected chi connectivity index (χ1v) is 5.41. The molecule has 3 N–H and O–H groups in total. The van der Waals surface area contributed by atoms with Crippen molar-refractivity contribution in [2.45, 2.75) is 25.4 Å². The van der Waals surface area contributed by atoms with Crippen LogP contribution in [0.4, 0.5) is 5.69 Å². The van der Waals surface area contributed by atoms with Gasteiger partial charge in [-0.25, -0.2) is 0 Å². The average molecular weight is 207 g/mol. The summed E-state index contributed by atoms with van der Waals surface area (Å²) < 4.78 is 5.80. The lowest BCUT2D eigenvalue weighted by atomic mass is 10.1. The molecule has 2 rings (SSSR count). The molecule has 2 atom stereocenters. The van der Waals surface area contributed by atoms with Gasteiger partial charge in [0, 0.05) is 12.3 Å². The van der Waals surface area contributed by atoms with Crippen molar-refractivity contribution in [3.63, 3.8) is 0 Å². The highest BCUT2D eigenvalue weighted by atomic mass is 16.5. The maximum Gasteiger partial charge on any atom is 0.119 e. The normalized spacial score (nSPS) is 25.4. The van der Waals surface area contributed by atoms with E-state index in [1.54, 1.807) is 0 Å². The Morgan fingerprint density at radius 1 is 1.27 bits per heavy atom. The molecule has 0 heterocycles. The second kappa shape index (κ2) is 4.53. The van der Waals surface area contributed by atoms with Crippen molar-refractivity contribution >= 4 is 5.69 Å². The van der Waals surface area contributed by atoms with Crippen molar-refractivity contribution in [2.75, 3.05) is 12.3 Å². The minimum absolute atomic E-state index is 0.255. The first-order valence-electron chi connectivity index (χ1n) is 5.41. The molecule has 3 nitrogen and oxygen atoms in total. The molecule has 0 aromatic heterocycles. The molecule has 1 aliphatic rings. The molecule has 1 aromatic carbocycles. The molecule has 0 bridgehead atoms. The predicted molar refractivity (Wildman–Crippen MR) is 59.7 cm³/mol. The highest BCUT2D eigenvalue weighted by Crippen LogP contribution is 2.28. The fourth-order valence-electron chi connectivity index (χ4n) is 2.04. The number of nitrogens with two attached hydrogens (primary N) is 1. The predicted octanol–water partition coefficient (Wildman–Crippen LogP) is 1.81. The summed E-state index contributed by atoms with van der Waals surface area (Å²) in [6, 6.07) is 7.46. The van der Waals surface area contributed by atoms with Crippen LogP contribution in [0.5, 0.6) is 5.75 Å². The Labute approximate surface area is 89.9 Å². The first-order chi connectivity index (χ1) is 7.28. The van der Waals surface area contributed by atoms with Crippen LogP contribution in [0.25, 0.3) is 0 Å². The molecular formula is C12H17NO2. The summed E-state index contributed by atoms with van der Waals surface area (Å²) >= 11 is 0. The van der Waals surface area contributed by atoms with E-state index >= 15 is 0 Å². The van der Waals surface area contributed by atoms with Crippen LogP contribution in [-0.4, -0.2) is 17.8 Å². The monoisotopic (exact) mass is 207 g/mol. The van der Waals surface area contributed by atoms with Gasteiger partial charge in [-0.3, -0.25) is 0 Å². The average Bonchev–Trinajstić information content (AvgIpc) is 2.69. The van der Waals surface area contributed by atoms with Crippen LogP contribution in [0.2, 0.25) is 0 Å². The molecule has 0 unspecified atom stereocenters. The van der Waals surface area contributed by atoms with Crippen LogP contribution in [0.15, 0.2) is 24.3 Å². The minimum atomic E-state index is 0.255. The standard InChI is InChI=1S/C12H17NO2/c13-10-2-5-11(6-3-10)15-12-4-1-9(7-12)8-14/h2-3,5-6,9,12,14H,1,4,7-8,13H2/t9-,12-/m1/s1. The molecule has 0 spiro atoms. The quantitative estimate of drug-likeness (QED) is 0.743. The Kier molecular flexibility index (Phi) is 3.11. The van der Waals surface area contributed by atoms with Crippen molar-refractivity contribution < 1.29 is 9.84 Å². The van der Waals surface area contributed by atoms with Crippen LogP contribution in [0, 0.1) is 5.92 Å². The summed E-state index contributed by atoms with van der Waals surface area (Å²) in [5.41, 5.74) is 6.34. The van der Waals surface area contributed by atoms with E-state index in [4.69, 9.17) is 15.6 Å². The SMILES string of the molecule is Nc1ccc(O[C@@H]2CC[C@@H](CO)C2)cc1. The molecule has 1 saturated carbocycles. The van der Waals surface area contributed by atoms with Gasteiger partial charge in [0.15, 0.2) is 0 Å². The van der Waals surface area contributed by atoms with Gasteiger partial charge in [-0.05, 0) is 49.4 Å². The van der Waals surface area contributed by atoms with Gasteiger partial charge in [0.2, 0.25) is 0 Å². The lowest BCUT2D eigenvalue weighted by Crippen LogP contribution is -2.13. The maximum atomic E-state index is 9.01. The van der Waals surface area contributed by atoms with Crippen LogP contribution in [-0.2, 0) is 0 Å². The van der Waals surface area contributed by atoms with Gasteiger partial charge >= 0.3 is 0 Å². The Bertz CT molecular complexity index is 310. The summed E-state index contributed by atoms with van der Waals surface area (Å²) in [5, 5.41) is 9.01. The smallest absolute Gasteiger partial charge is 0.119 e. The third-order valence-electron chi connectivity index (χ3n) is 2.93. The van der Waals surface area contributed by atoms with Crippen molar-refractivity contribution in [3.8, 4) is 5.75 Å². The van der Waals surface area contributed by atoms with Gasteiger partial charge in [0.1, 0.15) is 5.75 Å². The first kappa shape index (κ1) is 10.3. The second-order valence-electron chi connectivity index (χ2n) is 4.17. The van der Waals surface area contributed by atoms with Crippen LogP contribution >= 0.6 is 0 Å². The third-order valence-corrected chi connectivity index (χ3v) is 2.93. The van der Waals surface area contributed by atoms with E-state index in [1.807, 2.05) is 24.3 Å². The van der Waals surface area contributed by atoms with Gasteiger partial charge in [-0.2, -0.15) is 0 Å². The number of rotatable bonds is 3. The van der Waals surface area contributed by atoms with Crippen molar-refractivity contribution in [2.24, 2.45) is 5.92 Å². The van der Waals surface area contributed by atoms with E-state index in [1.165, 1.54) is 0 Å². The second-order valence-corrected chi connectivity index (χ2v) is 4.17. The number of benzene rings is 1. The Morgan fingerprint density at radius 2 is 2.00 bits per heavy atom. The molecule has 3 heteroatoms. The van der Waals surface area contributed by atoms with Gasteiger partial charge < -0.3 is 15.6 Å². The van der Waals surface area contributed by atoms with Gasteiger partial charge in [-0.1, -0.05) is 0 Å². The largest absolute Gasteiger partial charge is 0.490 e. The number of aliphatic hydroxyl groups is 1. The summed E-state index contributed by atoms with van der Waals surface area (Å²) in [6.07, 6.45) is 3.32. The molecule has 0 aliphatic heterocycles. The third kappa shape index (κ3) is 2.63. The number of anilines is 1. The lowest BCUT2D eigenvalue weighted by Gasteiger charge is -2.13. The molecule has 82 valence electrons. The van der Waals surface area contributed by atoms with E-state index in [-0.39, 0.29) is 12.7 Å². The number of hydrogen-bond acceptors (Lipinski definition) is 3. The molecule has 15 heavy (non-hydrogen) atoms. The Morgan fingerprint density at radius 3 is 2.60 bits per heavy atom. The van der Waals surface area contributed by atoms with E-state index in [9.17, 15) is 0 Å². The van der Waals surface area contributed by atoms with Crippen molar-refractivity contribution in [1.82, 2.24) is 0 Å². The zero-order chi connectivity index (χ0) is 10.7. The summed E-state index contributed by atoms with van der Waals surface area (Å²) in [5.74, 6) is 1.29. The van der Waals surface area contributed by atoms with Crippen LogP contribution < -0.4 is 10.5 Å². The number of ether oxygens (including phenoxy) is 1. The zero-order valence-corrected chi connectivity index (χ0v) is 8.73. The van der Waals surface area contributed by atoms with Gasteiger partial charge in [-0.15, -0.1) is 0 Å². The number of aliphatic hydroxyl groups excluding tert-OH is 1. The van der Waals surface area contributed by atoms with E-state index < -0.39 is 0 Å². The highest BCUT2D eigenvalue weighted by Gasteiger charge is 2.25. The molecule has 1 aliphatic carbocycles. The number of nitrogen functional groups attached to an aromatic ring is 1. The lowest BCUT2D eigenvalue weighted by molar-refractivity contribution is 0.183. The Hall–Kier alpha value is -1.22. The van der Waals surface area contributed by atoms with Crippen molar-refractivity contribution in [3.05, 3.63) is 24.3 Å². The summed E-state index contributed by atoms with van der Waals surface area (Å²) in [7, 11) is 0. The maximum absolute atomic E-state index is 9.01. The Balaban J connectivity index is 1.90.